The van der Waals surface area contributed by atoms with Gasteiger partial charge < -0.3 is 14.5 Å². The van der Waals surface area contributed by atoms with Gasteiger partial charge in [0.2, 0.25) is 0 Å². The molecule has 0 aliphatic carbocycles. The van der Waals surface area contributed by atoms with Crippen LogP contribution in [-0.2, 0) is 17.5 Å². The number of nitriles is 1. The number of piperidine rings is 1. The summed E-state index contributed by atoms with van der Waals surface area (Å²) < 4.78 is 47.9. The Morgan fingerprint density at radius 1 is 1.35 bits per heavy atom. The molecule has 1 aromatic carbocycles. The molecule has 2 fully saturated rings. The Bertz CT molecular complexity index is 1120. The molecule has 2 saturated heterocycles. The number of alkyl halides is 3. The number of anilines is 1. The first kappa shape index (κ1) is 24.1. The van der Waals surface area contributed by atoms with Crippen molar-refractivity contribution in [2.75, 3.05) is 44.8 Å². The molecule has 4 rings (SSSR count). The highest BCUT2D eigenvalue weighted by atomic mass is 19.4. The Kier molecular flexibility index (Phi) is 6.34. The van der Waals surface area contributed by atoms with Gasteiger partial charge in [0, 0.05) is 62.5 Å². The highest BCUT2D eigenvalue weighted by molar-refractivity contribution is 5.95. The van der Waals surface area contributed by atoms with Crippen LogP contribution in [0.4, 0.5) is 18.9 Å². The number of benzene rings is 1. The zero-order valence-corrected chi connectivity index (χ0v) is 19.5. The first-order valence-electron chi connectivity index (χ1n) is 11.3. The number of halogens is 3. The molecule has 2 atom stereocenters. The molecule has 0 N–H and O–H groups in total. The highest BCUT2D eigenvalue weighted by Gasteiger charge is 2.50. The van der Waals surface area contributed by atoms with E-state index in [4.69, 9.17) is 10.00 Å². The van der Waals surface area contributed by atoms with E-state index in [0.717, 1.165) is 11.8 Å². The molecule has 0 spiro atoms. The minimum absolute atomic E-state index is 0.0386. The van der Waals surface area contributed by atoms with Crippen LogP contribution in [0.25, 0.3) is 0 Å². The number of fused-ring (bicyclic) bond motifs is 1. The average Bonchev–Trinajstić information content (AvgIpc) is 3.37. The Hall–Kier alpha value is -3.06. The predicted molar refractivity (Wildman–Crippen MR) is 119 cm³/mol. The molecular formula is C24H28F3N5O2. The molecule has 1 amide bonds. The number of hydrogen-bond acceptors (Lipinski definition) is 5. The van der Waals surface area contributed by atoms with Gasteiger partial charge in [-0.3, -0.25) is 9.48 Å². The monoisotopic (exact) mass is 475 g/mol. The molecule has 0 saturated carbocycles. The Morgan fingerprint density at radius 2 is 2.12 bits per heavy atom. The number of aryl methyl sites for hydroxylation is 1. The second-order valence-electron chi connectivity index (χ2n) is 9.17. The molecule has 0 unspecified atom stereocenters. The van der Waals surface area contributed by atoms with Crippen LogP contribution in [0, 0.1) is 29.6 Å². The van der Waals surface area contributed by atoms with E-state index in [0.29, 0.717) is 57.0 Å². The number of rotatable bonds is 5. The van der Waals surface area contributed by atoms with Crippen molar-refractivity contribution in [1.82, 2.24) is 14.7 Å². The zero-order chi connectivity index (χ0) is 24.7. The topological polar surface area (TPSA) is 74.4 Å². The molecule has 182 valence electrons. The third-order valence-electron chi connectivity index (χ3n) is 7.28. The number of methoxy groups -OCH3 is 1. The number of likely N-dealkylation sites (tertiary alicyclic amines) is 1. The molecule has 2 aromatic rings. The number of aromatic nitrogens is 2. The van der Waals surface area contributed by atoms with E-state index >= 15 is 0 Å². The van der Waals surface area contributed by atoms with E-state index in [9.17, 15) is 18.0 Å². The number of nitrogens with zero attached hydrogens (tertiary/aromatic N) is 5. The molecule has 7 nitrogen and oxygen atoms in total. The van der Waals surface area contributed by atoms with Gasteiger partial charge in [-0.25, -0.2) is 0 Å². The summed E-state index contributed by atoms with van der Waals surface area (Å²) in [7, 11) is 1.62. The fourth-order valence-corrected chi connectivity index (χ4v) is 5.39. The van der Waals surface area contributed by atoms with Gasteiger partial charge in [0.1, 0.15) is 0 Å². The Labute approximate surface area is 196 Å². The van der Waals surface area contributed by atoms with Gasteiger partial charge in [0.15, 0.2) is 0 Å². The van der Waals surface area contributed by atoms with Crippen LogP contribution in [0.3, 0.4) is 0 Å². The van der Waals surface area contributed by atoms with E-state index < -0.39 is 11.7 Å². The van der Waals surface area contributed by atoms with Crippen LogP contribution in [0.1, 0.15) is 40.5 Å². The maximum absolute atomic E-state index is 13.5. The van der Waals surface area contributed by atoms with Gasteiger partial charge in [-0.15, -0.1) is 0 Å². The van der Waals surface area contributed by atoms with Crippen molar-refractivity contribution in [2.45, 2.75) is 33.0 Å². The number of hydrogen-bond donors (Lipinski definition) is 0. The molecule has 2 aliphatic rings. The lowest BCUT2D eigenvalue weighted by Crippen LogP contribution is -2.50. The zero-order valence-electron chi connectivity index (χ0n) is 19.5. The summed E-state index contributed by atoms with van der Waals surface area (Å²) in [5, 5.41) is 13.4. The lowest BCUT2D eigenvalue weighted by molar-refractivity contribution is -0.137. The van der Waals surface area contributed by atoms with Gasteiger partial charge in [-0.1, -0.05) is 0 Å². The quantitative estimate of drug-likeness (QED) is 0.659. The van der Waals surface area contributed by atoms with Crippen molar-refractivity contribution in [2.24, 2.45) is 11.3 Å². The van der Waals surface area contributed by atoms with Gasteiger partial charge in [-0.05, 0) is 38.5 Å². The number of ether oxygens (including phenoxy) is 1. The smallest absolute Gasteiger partial charge is 0.384 e. The maximum atomic E-state index is 13.5. The van der Waals surface area contributed by atoms with E-state index in [1.807, 2.05) is 23.6 Å². The normalized spacial score (nSPS) is 22.6. The van der Waals surface area contributed by atoms with Gasteiger partial charge >= 0.3 is 6.18 Å². The number of carbonyl (C=O) groups is 1. The first-order chi connectivity index (χ1) is 16.1. The predicted octanol–water partition coefficient (Wildman–Crippen LogP) is 3.72. The van der Waals surface area contributed by atoms with Crippen molar-refractivity contribution in [3.63, 3.8) is 0 Å². The summed E-state index contributed by atoms with van der Waals surface area (Å²) in [5.41, 5.74) is 0.252. The Balaban J connectivity index is 1.59. The van der Waals surface area contributed by atoms with E-state index in [2.05, 4.69) is 5.10 Å². The Morgan fingerprint density at radius 3 is 2.74 bits per heavy atom. The van der Waals surface area contributed by atoms with Gasteiger partial charge in [0.25, 0.3) is 5.91 Å². The van der Waals surface area contributed by atoms with Crippen LogP contribution in [-0.4, -0.2) is 60.5 Å². The highest BCUT2D eigenvalue weighted by Crippen LogP contribution is 2.45. The number of carbonyl (C=O) groups excluding carboxylic acids is 1. The fourth-order valence-electron chi connectivity index (χ4n) is 5.39. The molecule has 2 aliphatic heterocycles. The summed E-state index contributed by atoms with van der Waals surface area (Å²) in [5.74, 6) is -0.0314. The average molecular weight is 476 g/mol. The SMILES string of the molecule is CCn1ncc(C(=O)N2CC[C@@]3(COC)CN(c4ccc(C#N)c(C(F)(F)F)c4)C[C@H]3C2)c1C. The van der Waals surface area contributed by atoms with Crippen LogP contribution >= 0.6 is 0 Å². The van der Waals surface area contributed by atoms with Crippen molar-refractivity contribution in [3.05, 3.63) is 46.8 Å². The molecule has 3 heterocycles. The molecule has 0 bridgehead atoms. The molecule has 10 heteroatoms. The second-order valence-corrected chi connectivity index (χ2v) is 9.17. The van der Waals surface area contributed by atoms with Crippen LogP contribution in [0.5, 0.6) is 0 Å². The van der Waals surface area contributed by atoms with E-state index in [1.54, 1.807) is 30.1 Å². The minimum Gasteiger partial charge on any atom is -0.384 e. The minimum atomic E-state index is -4.61. The summed E-state index contributed by atoms with van der Waals surface area (Å²) in [6, 6.07) is 5.49. The van der Waals surface area contributed by atoms with Crippen LogP contribution in [0.2, 0.25) is 0 Å². The lowest BCUT2D eigenvalue weighted by Gasteiger charge is -2.43. The third-order valence-corrected chi connectivity index (χ3v) is 7.28. The largest absolute Gasteiger partial charge is 0.417 e. The second kappa shape index (κ2) is 8.95. The summed E-state index contributed by atoms with van der Waals surface area (Å²) in [4.78, 5) is 17.0. The van der Waals surface area contributed by atoms with E-state index in [1.165, 1.54) is 6.07 Å². The maximum Gasteiger partial charge on any atom is 0.417 e. The van der Waals surface area contributed by atoms with Crippen molar-refractivity contribution < 1.29 is 22.7 Å². The lowest BCUT2D eigenvalue weighted by atomic mass is 9.73. The molecule has 0 radical (unpaired) electrons. The molecular weight excluding hydrogens is 447 g/mol. The summed E-state index contributed by atoms with van der Waals surface area (Å²) in [6.45, 7) is 7.07. The summed E-state index contributed by atoms with van der Waals surface area (Å²) >= 11 is 0. The molecule has 1 aromatic heterocycles. The van der Waals surface area contributed by atoms with Crippen molar-refractivity contribution in [1.29, 1.82) is 5.26 Å². The third kappa shape index (κ3) is 4.13. The first-order valence-corrected chi connectivity index (χ1v) is 11.3. The van der Waals surface area contributed by atoms with Gasteiger partial charge in [-0.2, -0.15) is 23.5 Å². The van der Waals surface area contributed by atoms with Crippen molar-refractivity contribution >= 4 is 11.6 Å². The van der Waals surface area contributed by atoms with Crippen molar-refractivity contribution in [3.8, 4) is 6.07 Å². The van der Waals surface area contributed by atoms with Crippen LogP contribution < -0.4 is 4.90 Å². The van der Waals surface area contributed by atoms with Crippen LogP contribution in [0.15, 0.2) is 24.4 Å². The van der Waals surface area contributed by atoms with E-state index in [-0.39, 0.29) is 22.8 Å². The standard InChI is InChI=1S/C24H28F3N5O2/c1-4-32-16(2)20(11-29-32)22(33)30-8-7-23(15-34-3)14-31(13-18(23)12-30)19-6-5-17(10-28)21(9-19)24(25,26)27/h5-6,9,11,18H,4,7-8,12-15H2,1-3H3/t18-,23+/m1/s1. The summed E-state index contributed by atoms with van der Waals surface area (Å²) in [6.07, 6.45) is -2.31. The molecule has 34 heavy (non-hydrogen) atoms. The number of amides is 1. The fraction of sp³-hybridized carbons (Fsp3) is 0.542. The van der Waals surface area contributed by atoms with Gasteiger partial charge in [0.05, 0.1) is 35.6 Å².